The summed E-state index contributed by atoms with van der Waals surface area (Å²) in [6.07, 6.45) is 0.839. The quantitative estimate of drug-likeness (QED) is 0.208. The van der Waals surface area contributed by atoms with Crippen molar-refractivity contribution in [2.75, 3.05) is 18.4 Å². The van der Waals surface area contributed by atoms with Crippen LogP contribution in [0.25, 0.3) is 0 Å². The van der Waals surface area contributed by atoms with E-state index in [-0.39, 0.29) is 17.4 Å². The highest BCUT2D eigenvalue weighted by Crippen LogP contribution is 2.24. The number of benzene rings is 2. The number of nitrogens with one attached hydrogen (secondary N) is 3. The Balaban J connectivity index is 0.000000765. The highest BCUT2D eigenvalue weighted by atomic mass is 35.5. The summed E-state index contributed by atoms with van der Waals surface area (Å²) in [5.41, 5.74) is 2.75. The van der Waals surface area contributed by atoms with Crippen LogP contribution in [0.2, 0.25) is 10.0 Å². The molecular weight excluding hydrogens is 520 g/mol. The van der Waals surface area contributed by atoms with E-state index in [1.54, 1.807) is 0 Å². The Morgan fingerprint density at radius 1 is 1.05 bits per heavy atom. The molecule has 2 aromatic carbocycles. The van der Waals surface area contributed by atoms with Crippen molar-refractivity contribution >= 4 is 48.0 Å². The smallest absolute Gasteiger partial charge is 0.211 e. The van der Waals surface area contributed by atoms with E-state index < -0.39 is 11.9 Å². The lowest BCUT2D eigenvalue weighted by molar-refractivity contribution is -0.115. The minimum atomic E-state index is -0.947. The topological polar surface area (TPSA) is 108 Å². The Morgan fingerprint density at radius 2 is 1.70 bits per heavy atom. The second kappa shape index (κ2) is 18.7. The first-order valence-electron chi connectivity index (χ1n) is 11.8. The molecule has 0 saturated heterocycles. The van der Waals surface area contributed by atoms with Crippen molar-refractivity contribution in [1.29, 1.82) is 0 Å². The van der Waals surface area contributed by atoms with Gasteiger partial charge in [-0.15, -0.1) is 0 Å². The van der Waals surface area contributed by atoms with Crippen molar-refractivity contribution in [3.63, 3.8) is 0 Å². The van der Waals surface area contributed by atoms with Crippen LogP contribution in [0.5, 0.6) is 0 Å². The van der Waals surface area contributed by atoms with Crippen molar-refractivity contribution < 1.29 is 23.9 Å². The standard InChI is InChI=1S/C17H17Cl2FN2O.C5H9NO3.C5H12/c1-11(12-3-2-4-14(18)5-12)8-21-9-13-6-16(20)15(19)7-17(13)22-10-23;7-3-5(9)1-2-6-4-8;1-5(2,3)4/h2-7,10-11,21H,8-9H2,1H3,(H,22,23);3-5,9H,1-2H2,(H,6,8);1-4H3. The Labute approximate surface area is 229 Å². The number of aliphatic hydroxyl groups is 1. The van der Waals surface area contributed by atoms with Gasteiger partial charge in [-0.25, -0.2) is 4.39 Å². The molecule has 2 unspecified atom stereocenters. The molecule has 4 N–H and O–H groups in total. The molecule has 0 aliphatic rings. The van der Waals surface area contributed by atoms with Crippen LogP contribution in [-0.2, 0) is 20.9 Å². The molecular formula is C27H38Cl2FN3O4. The fourth-order valence-corrected chi connectivity index (χ4v) is 3.01. The number of amides is 2. The molecule has 0 saturated carbocycles. The third-order valence-corrected chi connectivity index (χ3v) is 4.89. The molecule has 0 heterocycles. The third kappa shape index (κ3) is 17.5. The minimum Gasteiger partial charge on any atom is -0.386 e. The Bertz CT molecular complexity index is 965. The summed E-state index contributed by atoms with van der Waals surface area (Å²) in [6.45, 7) is 12.3. The highest BCUT2D eigenvalue weighted by Gasteiger charge is 2.10. The third-order valence-electron chi connectivity index (χ3n) is 4.37. The first-order valence-corrected chi connectivity index (χ1v) is 12.5. The van der Waals surface area contributed by atoms with Gasteiger partial charge in [0.1, 0.15) is 18.2 Å². The van der Waals surface area contributed by atoms with Gasteiger partial charge in [-0.1, -0.05) is 70.0 Å². The average Bonchev–Trinajstić information content (AvgIpc) is 2.81. The van der Waals surface area contributed by atoms with Crippen LogP contribution in [0.3, 0.4) is 0 Å². The van der Waals surface area contributed by atoms with E-state index in [0.717, 1.165) is 5.56 Å². The predicted molar refractivity (Wildman–Crippen MR) is 149 cm³/mol. The number of halogens is 3. The largest absolute Gasteiger partial charge is 0.386 e. The van der Waals surface area contributed by atoms with Gasteiger partial charge in [-0.05, 0) is 53.1 Å². The van der Waals surface area contributed by atoms with Gasteiger partial charge in [0.05, 0.1) is 5.02 Å². The number of aldehydes is 1. The number of anilines is 1. The summed E-state index contributed by atoms with van der Waals surface area (Å²) in [4.78, 5) is 30.0. The van der Waals surface area contributed by atoms with Gasteiger partial charge in [0.15, 0.2) is 0 Å². The van der Waals surface area contributed by atoms with Crippen molar-refractivity contribution in [2.45, 2.75) is 59.6 Å². The molecule has 0 aromatic heterocycles. The van der Waals surface area contributed by atoms with Gasteiger partial charge in [-0.3, -0.25) is 9.59 Å². The SMILES string of the molecule is CC(C)(C)C.CC(CNCc1cc(F)c(Cl)cc1NC=O)c1cccc(Cl)c1.O=CNCCC(O)C=O. The number of carbonyl (C=O) groups excluding carboxylic acids is 3. The molecule has 7 nitrogen and oxygen atoms in total. The van der Waals surface area contributed by atoms with Crippen LogP contribution in [-0.4, -0.2) is 43.4 Å². The molecule has 0 radical (unpaired) electrons. The van der Waals surface area contributed by atoms with Gasteiger partial charge >= 0.3 is 0 Å². The van der Waals surface area contributed by atoms with Crippen LogP contribution in [0.15, 0.2) is 36.4 Å². The Hall–Kier alpha value is -2.52. The van der Waals surface area contributed by atoms with Crippen molar-refractivity contribution in [1.82, 2.24) is 10.6 Å². The average molecular weight is 559 g/mol. The normalized spacial score (nSPS) is 12.0. The zero-order valence-corrected chi connectivity index (χ0v) is 23.5. The maximum absolute atomic E-state index is 13.6. The highest BCUT2D eigenvalue weighted by molar-refractivity contribution is 6.31. The second-order valence-electron chi connectivity index (χ2n) is 9.84. The molecule has 37 heavy (non-hydrogen) atoms. The number of hydrogen-bond acceptors (Lipinski definition) is 5. The van der Waals surface area contributed by atoms with Gasteiger partial charge < -0.3 is 25.9 Å². The first-order chi connectivity index (χ1) is 17.3. The molecule has 0 aliphatic heterocycles. The van der Waals surface area contributed by atoms with Crippen molar-refractivity contribution in [3.8, 4) is 0 Å². The van der Waals surface area contributed by atoms with E-state index in [9.17, 15) is 18.8 Å². The van der Waals surface area contributed by atoms with Gasteiger partial charge in [0, 0.05) is 30.3 Å². The molecule has 2 rings (SSSR count). The first kappa shape index (κ1) is 34.5. The Kier molecular flexibility index (Phi) is 17.4. The molecule has 2 atom stereocenters. The van der Waals surface area contributed by atoms with E-state index >= 15 is 0 Å². The summed E-state index contributed by atoms with van der Waals surface area (Å²) in [6, 6.07) is 10.4. The van der Waals surface area contributed by atoms with Gasteiger partial charge in [0.25, 0.3) is 0 Å². The van der Waals surface area contributed by atoms with Gasteiger partial charge in [0.2, 0.25) is 12.8 Å². The zero-order valence-electron chi connectivity index (χ0n) is 22.0. The molecule has 0 aliphatic carbocycles. The van der Waals surface area contributed by atoms with Crippen LogP contribution in [0, 0.1) is 11.2 Å². The van der Waals surface area contributed by atoms with E-state index in [1.165, 1.54) is 12.1 Å². The summed E-state index contributed by atoms with van der Waals surface area (Å²) in [5, 5.41) is 17.3. The summed E-state index contributed by atoms with van der Waals surface area (Å²) in [5.74, 6) is -0.267. The van der Waals surface area contributed by atoms with Crippen LogP contribution in [0.4, 0.5) is 10.1 Å². The molecule has 0 fully saturated rings. The maximum Gasteiger partial charge on any atom is 0.211 e. The molecule has 0 bridgehead atoms. The zero-order chi connectivity index (χ0) is 28.4. The Morgan fingerprint density at radius 3 is 2.24 bits per heavy atom. The van der Waals surface area contributed by atoms with Crippen LogP contribution >= 0.6 is 23.2 Å². The summed E-state index contributed by atoms with van der Waals surface area (Å²) >= 11 is 11.7. The van der Waals surface area contributed by atoms with Crippen molar-refractivity contribution in [2.24, 2.45) is 5.41 Å². The summed E-state index contributed by atoms with van der Waals surface area (Å²) < 4.78 is 13.6. The van der Waals surface area contributed by atoms with E-state index in [1.807, 2.05) is 24.3 Å². The molecule has 206 valence electrons. The number of hydrogen-bond donors (Lipinski definition) is 4. The van der Waals surface area contributed by atoms with Crippen LogP contribution in [0.1, 0.15) is 58.1 Å². The van der Waals surface area contributed by atoms with E-state index in [2.05, 4.69) is 50.6 Å². The molecule has 2 aromatic rings. The van der Waals surface area contributed by atoms with Gasteiger partial charge in [-0.2, -0.15) is 0 Å². The van der Waals surface area contributed by atoms with E-state index in [4.69, 9.17) is 28.3 Å². The minimum absolute atomic E-state index is 0.0228. The number of aliphatic hydroxyl groups excluding tert-OH is 1. The number of carbonyl (C=O) groups is 3. The lowest BCUT2D eigenvalue weighted by Gasteiger charge is -2.15. The molecule has 10 heteroatoms. The fourth-order valence-electron chi connectivity index (χ4n) is 2.64. The fraction of sp³-hybridized carbons (Fsp3) is 0.444. The summed E-state index contributed by atoms with van der Waals surface area (Å²) in [7, 11) is 0. The van der Waals surface area contributed by atoms with Crippen LogP contribution < -0.4 is 16.0 Å². The second-order valence-corrected chi connectivity index (χ2v) is 10.7. The lowest BCUT2D eigenvalue weighted by atomic mass is 10.0. The number of rotatable bonds is 12. The van der Waals surface area contributed by atoms with E-state index in [0.29, 0.717) is 60.4 Å². The lowest BCUT2D eigenvalue weighted by Crippen LogP contribution is -2.20. The maximum atomic E-state index is 13.6. The predicted octanol–water partition coefficient (Wildman–Crippen LogP) is 5.33. The molecule has 2 amide bonds. The monoisotopic (exact) mass is 557 g/mol. The van der Waals surface area contributed by atoms with Crippen molar-refractivity contribution in [3.05, 3.63) is 63.4 Å². The molecule has 0 spiro atoms.